The van der Waals surface area contributed by atoms with Crippen molar-refractivity contribution < 1.29 is 23.0 Å². The van der Waals surface area contributed by atoms with Gasteiger partial charge in [-0.05, 0) is 48.2 Å². The van der Waals surface area contributed by atoms with Gasteiger partial charge in [0, 0.05) is 25.7 Å². The molecule has 2 aliphatic rings. The van der Waals surface area contributed by atoms with Crippen molar-refractivity contribution in [2.45, 2.75) is 37.9 Å². The fraction of sp³-hybridized carbons (Fsp3) is 0.458. The second-order valence-electron chi connectivity index (χ2n) is 8.23. The van der Waals surface area contributed by atoms with Gasteiger partial charge >= 0.3 is 0 Å². The first kappa shape index (κ1) is 21.9. The molecule has 7 heteroatoms. The van der Waals surface area contributed by atoms with Crippen LogP contribution in [0.25, 0.3) is 0 Å². The summed E-state index contributed by atoms with van der Waals surface area (Å²) in [5.74, 6) is -0.612. The van der Waals surface area contributed by atoms with E-state index in [1.54, 1.807) is 24.3 Å². The highest BCUT2D eigenvalue weighted by Gasteiger charge is 2.31. The fourth-order valence-electron chi connectivity index (χ4n) is 4.33. The van der Waals surface area contributed by atoms with Gasteiger partial charge in [0.15, 0.2) is 0 Å². The smallest absolute Gasteiger partial charge is 0.227 e. The number of amides is 1. The normalized spacial score (nSPS) is 18.8. The third kappa shape index (κ3) is 5.87. The second-order valence-corrected chi connectivity index (χ2v) is 8.23. The molecular formula is C24H28F2N2O3. The summed E-state index contributed by atoms with van der Waals surface area (Å²) in [6.45, 7) is 3.87. The van der Waals surface area contributed by atoms with Crippen molar-refractivity contribution in [3.05, 3.63) is 71.3 Å². The quantitative estimate of drug-likeness (QED) is 0.705. The highest BCUT2D eigenvalue weighted by Crippen LogP contribution is 2.23. The van der Waals surface area contributed by atoms with Gasteiger partial charge in [-0.3, -0.25) is 9.69 Å². The Kier molecular flexibility index (Phi) is 7.27. The maximum Gasteiger partial charge on any atom is 0.227 e. The van der Waals surface area contributed by atoms with Crippen LogP contribution in [0.1, 0.15) is 24.0 Å². The largest absolute Gasteiger partial charge is 0.354 e. The van der Waals surface area contributed by atoms with Gasteiger partial charge < -0.3 is 14.4 Å². The predicted molar refractivity (Wildman–Crippen MR) is 112 cm³/mol. The zero-order valence-corrected chi connectivity index (χ0v) is 17.5. The zero-order valence-electron chi connectivity index (χ0n) is 17.5. The van der Waals surface area contributed by atoms with Crippen LogP contribution in [-0.2, 0) is 27.2 Å². The average Bonchev–Trinajstić information content (AvgIpc) is 2.81. The fourth-order valence-corrected chi connectivity index (χ4v) is 4.33. The van der Waals surface area contributed by atoms with Gasteiger partial charge in [0.2, 0.25) is 5.91 Å². The first-order valence-electron chi connectivity index (χ1n) is 10.8. The van der Waals surface area contributed by atoms with Crippen molar-refractivity contribution in [1.82, 2.24) is 9.80 Å². The SMILES string of the molecule is O=C(Cc1ccc(F)cc1)N(Cc1ccc(F)cc1)C1CCN(C2COCOC2)CC1. The molecule has 0 bridgehead atoms. The monoisotopic (exact) mass is 430 g/mol. The lowest BCUT2D eigenvalue weighted by Gasteiger charge is -2.42. The molecular weight excluding hydrogens is 402 g/mol. The molecule has 2 aromatic carbocycles. The van der Waals surface area contributed by atoms with Crippen LogP contribution in [0.5, 0.6) is 0 Å². The van der Waals surface area contributed by atoms with Gasteiger partial charge in [0.1, 0.15) is 18.4 Å². The Morgan fingerprint density at radius 1 is 0.903 bits per heavy atom. The summed E-state index contributed by atoms with van der Waals surface area (Å²) in [6, 6.07) is 12.7. The number of carbonyl (C=O) groups is 1. The van der Waals surface area contributed by atoms with Crippen molar-refractivity contribution in [1.29, 1.82) is 0 Å². The van der Waals surface area contributed by atoms with Crippen LogP contribution in [-0.4, -0.2) is 60.9 Å². The summed E-state index contributed by atoms with van der Waals surface area (Å²) < 4.78 is 37.4. The maximum absolute atomic E-state index is 13.3. The molecule has 5 nitrogen and oxygen atoms in total. The van der Waals surface area contributed by atoms with Crippen LogP contribution in [0.3, 0.4) is 0 Å². The van der Waals surface area contributed by atoms with Crippen molar-refractivity contribution in [2.75, 3.05) is 33.1 Å². The van der Waals surface area contributed by atoms with Crippen LogP contribution in [0.15, 0.2) is 48.5 Å². The molecule has 1 amide bonds. The summed E-state index contributed by atoms with van der Waals surface area (Å²) in [6.07, 6.45) is 1.92. The first-order chi connectivity index (χ1) is 15.1. The number of nitrogens with zero attached hydrogens (tertiary/aromatic N) is 2. The summed E-state index contributed by atoms with van der Waals surface area (Å²) in [7, 11) is 0. The summed E-state index contributed by atoms with van der Waals surface area (Å²) in [5, 5.41) is 0. The van der Waals surface area contributed by atoms with E-state index in [9.17, 15) is 13.6 Å². The number of hydrogen-bond donors (Lipinski definition) is 0. The average molecular weight is 430 g/mol. The van der Waals surface area contributed by atoms with Gasteiger partial charge in [0.05, 0.1) is 25.7 Å². The van der Waals surface area contributed by atoms with E-state index >= 15 is 0 Å². The minimum atomic E-state index is -0.317. The Morgan fingerprint density at radius 2 is 1.45 bits per heavy atom. The van der Waals surface area contributed by atoms with Crippen molar-refractivity contribution in [2.24, 2.45) is 0 Å². The minimum Gasteiger partial charge on any atom is -0.354 e. The molecule has 4 rings (SSSR count). The first-order valence-corrected chi connectivity index (χ1v) is 10.8. The molecule has 31 heavy (non-hydrogen) atoms. The molecule has 2 fully saturated rings. The van der Waals surface area contributed by atoms with E-state index in [0.29, 0.717) is 26.6 Å². The van der Waals surface area contributed by atoms with Crippen molar-refractivity contribution >= 4 is 5.91 Å². The van der Waals surface area contributed by atoms with E-state index in [4.69, 9.17) is 9.47 Å². The minimum absolute atomic E-state index is 0.00119. The zero-order chi connectivity index (χ0) is 21.6. The molecule has 0 N–H and O–H groups in total. The second kappa shape index (κ2) is 10.3. The van der Waals surface area contributed by atoms with Gasteiger partial charge in [-0.2, -0.15) is 0 Å². The van der Waals surface area contributed by atoms with Gasteiger partial charge in [-0.15, -0.1) is 0 Å². The molecule has 0 atom stereocenters. The van der Waals surface area contributed by atoms with Gasteiger partial charge in [0.25, 0.3) is 0 Å². The summed E-state index contributed by atoms with van der Waals surface area (Å²) in [4.78, 5) is 17.5. The van der Waals surface area contributed by atoms with Crippen LogP contribution in [0.2, 0.25) is 0 Å². The Morgan fingerprint density at radius 3 is 2.03 bits per heavy atom. The van der Waals surface area contributed by atoms with Crippen molar-refractivity contribution in [3.8, 4) is 0 Å². The lowest BCUT2D eigenvalue weighted by atomic mass is 9.99. The topological polar surface area (TPSA) is 42.0 Å². The molecule has 2 aromatic rings. The molecule has 0 spiro atoms. The number of rotatable bonds is 6. The van der Waals surface area contributed by atoms with E-state index in [0.717, 1.165) is 37.1 Å². The van der Waals surface area contributed by atoms with Crippen LogP contribution in [0.4, 0.5) is 8.78 Å². The van der Waals surface area contributed by atoms with E-state index in [1.807, 2.05) is 4.90 Å². The maximum atomic E-state index is 13.3. The lowest BCUT2D eigenvalue weighted by Crippen LogP contribution is -2.53. The summed E-state index contributed by atoms with van der Waals surface area (Å²) >= 11 is 0. The standard InChI is InChI=1S/C24H28F2N2O3/c25-20-5-1-18(2-6-20)13-24(29)28(14-19-3-7-21(26)8-4-19)22-9-11-27(12-10-22)23-15-30-17-31-16-23/h1-8,22-23H,9-17H2. The number of halogens is 2. The third-order valence-electron chi connectivity index (χ3n) is 6.10. The number of ether oxygens (including phenoxy) is 2. The molecule has 0 unspecified atom stereocenters. The van der Waals surface area contributed by atoms with E-state index in [1.165, 1.54) is 24.3 Å². The lowest BCUT2D eigenvalue weighted by molar-refractivity contribution is -0.143. The number of likely N-dealkylation sites (tertiary alicyclic amines) is 1. The number of piperidine rings is 1. The molecule has 166 valence electrons. The molecule has 0 saturated carbocycles. The van der Waals surface area contributed by atoms with Gasteiger partial charge in [-0.25, -0.2) is 8.78 Å². The van der Waals surface area contributed by atoms with E-state index in [-0.39, 0.29) is 36.0 Å². The van der Waals surface area contributed by atoms with Crippen LogP contribution < -0.4 is 0 Å². The third-order valence-corrected chi connectivity index (χ3v) is 6.10. The Labute approximate surface area is 181 Å². The van der Waals surface area contributed by atoms with E-state index < -0.39 is 0 Å². The van der Waals surface area contributed by atoms with E-state index in [2.05, 4.69) is 4.90 Å². The van der Waals surface area contributed by atoms with Gasteiger partial charge in [-0.1, -0.05) is 24.3 Å². The highest BCUT2D eigenvalue weighted by atomic mass is 19.1. The Balaban J connectivity index is 1.44. The number of carbonyl (C=O) groups excluding carboxylic acids is 1. The molecule has 0 radical (unpaired) electrons. The predicted octanol–water partition coefficient (Wildman–Crippen LogP) is 3.37. The molecule has 2 saturated heterocycles. The number of hydrogen-bond acceptors (Lipinski definition) is 4. The summed E-state index contributed by atoms with van der Waals surface area (Å²) in [5.41, 5.74) is 1.68. The number of benzene rings is 2. The molecule has 2 heterocycles. The Hall–Kier alpha value is -2.35. The highest BCUT2D eigenvalue weighted by molar-refractivity contribution is 5.79. The molecule has 0 aromatic heterocycles. The Bertz CT molecular complexity index is 846. The van der Waals surface area contributed by atoms with Crippen molar-refractivity contribution in [3.63, 3.8) is 0 Å². The van der Waals surface area contributed by atoms with Crippen LogP contribution in [0, 0.1) is 11.6 Å². The van der Waals surface area contributed by atoms with Crippen LogP contribution >= 0.6 is 0 Å². The molecule has 0 aliphatic carbocycles. The molecule has 2 aliphatic heterocycles.